The zero-order chi connectivity index (χ0) is 17.9. The third kappa shape index (κ3) is 3.22. The van der Waals surface area contributed by atoms with Crippen molar-refractivity contribution in [3.63, 3.8) is 0 Å². The molecular formula is C19H18N4O2S. The first-order valence-corrected chi connectivity index (χ1v) is 9.42. The third-order valence-corrected chi connectivity index (χ3v) is 5.50. The van der Waals surface area contributed by atoms with E-state index in [2.05, 4.69) is 46.4 Å². The minimum Gasteiger partial charge on any atom is -0.465 e. The highest BCUT2D eigenvalue weighted by Crippen LogP contribution is 2.33. The number of cyclic esters (lactones) is 1. The third-order valence-electron chi connectivity index (χ3n) is 4.31. The number of nitrogens with zero attached hydrogens (tertiary/aromatic N) is 4. The fourth-order valence-corrected chi connectivity index (χ4v) is 3.88. The number of pyridine rings is 1. The lowest BCUT2D eigenvalue weighted by molar-refractivity contribution is -0.137. The molecule has 3 heterocycles. The van der Waals surface area contributed by atoms with Crippen molar-refractivity contribution in [1.29, 1.82) is 0 Å². The first-order chi connectivity index (χ1) is 12.8. The molecule has 7 heteroatoms. The van der Waals surface area contributed by atoms with Gasteiger partial charge in [-0.15, -0.1) is 10.2 Å². The number of ether oxygens (including phenoxy) is 1. The average Bonchev–Trinajstić information content (AvgIpc) is 3.29. The van der Waals surface area contributed by atoms with Crippen LogP contribution in [0.15, 0.2) is 53.9 Å². The molecule has 0 amide bonds. The summed E-state index contributed by atoms with van der Waals surface area (Å²) < 4.78 is 7.07. The van der Waals surface area contributed by atoms with Gasteiger partial charge in [0.1, 0.15) is 5.25 Å². The van der Waals surface area contributed by atoms with Crippen molar-refractivity contribution < 1.29 is 9.53 Å². The van der Waals surface area contributed by atoms with Gasteiger partial charge in [0.05, 0.1) is 6.61 Å². The van der Waals surface area contributed by atoms with Crippen molar-refractivity contribution in [2.75, 3.05) is 6.61 Å². The van der Waals surface area contributed by atoms with Crippen molar-refractivity contribution in [2.45, 2.75) is 30.2 Å². The number of aromatic nitrogens is 4. The van der Waals surface area contributed by atoms with Gasteiger partial charge in [0, 0.05) is 30.1 Å². The summed E-state index contributed by atoms with van der Waals surface area (Å²) in [6, 6.07) is 12.1. The Morgan fingerprint density at radius 2 is 1.92 bits per heavy atom. The van der Waals surface area contributed by atoms with E-state index in [9.17, 15) is 4.79 Å². The Kier molecular flexibility index (Phi) is 4.71. The van der Waals surface area contributed by atoms with E-state index in [0.29, 0.717) is 18.2 Å². The fraction of sp³-hybridized carbons (Fsp3) is 0.263. The molecule has 1 aliphatic rings. The number of carbonyl (C=O) groups is 1. The Labute approximate surface area is 155 Å². The van der Waals surface area contributed by atoms with Crippen LogP contribution < -0.4 is 0 Å². The highest BCUT2D eigenvalue weighted by atomic mass is 32.2. The average molecular weight is 366 g/mol. The van der Waals surface area contributed by atoms with Gasteiger partial charge in [-0.3, -0.25) is 14.3 Å². The van der Waals surface area contributed by atoms with Crippen LogP contribution in [0.25, 0.3) is 17.1 Å². The van der Waals surface area contributed by atoms with Crippen LogP contribution in [0, 0.1) is 0 Å². The number of esters is 1. The normalized spacial score (nSPS) is 16.7. The van der Waals surface area contributed by atoms with Crippen LogP contribution in [0.1, 0.15) is 18.9 Å². The Balaban J connectivity index is 1.78. The van der Waals surface area contributed by atoms with Crippen LogP contribution in [0.3, 0.4) is 0 Å². The summed E-state index contributed by atoms with van der Waals surface area (Å²) in [6.45, 7) is 2.59. The molecule has 0 saturated carbocycles. The van der Waals surface area contributed by atoms with E-state index < -0.39 is 0 Å². The van der Waals surface area contributed by atoms with Gasteiger partial charge in [-0.05, 0) is 36.2 Å². The molecule has 4 rings (SSSR count). The van der Waals surface area contributed by atoms with Gasteiger partial charge < -0.3 is 4.74 Å². The van der Waals surface area contributed by atoms with Crippen molar-refractivity contribution >= 4 is 17.7 Å². The molecule has 0 aliphatic carbocycles. The molecule has 0 unspecified atom stereocenters. The minimum atomic E-state index is -0.238. The number of rotatable bonds is 5. The van der Waals surface area contributed by atoms with E-state index in [1.165, 1.54) is 17.3 Å². The van der Waals surface area contributed by atoms with Gasteiger partial charge in [0.15, 0.2) is 11.0 Å². The van der Waals surface area contributed by atoms with Gasteiger partial charge in [0.2, 0.25) is 0 Å². The summed E-state index contributed by atoms with van der Waals surface area (Å²) in [6.07, 6.45) is 5.14. The molecule has 0 bridgehead atoms. The molecule has 1 aliphatic heterocycles. The lowest BCUT2D eigenvalue weighted by atomic mass is 10.1. The highest BCUT2D eigenvalue weighted by Gasteiger charge is 2.30. The van der Waals surface area contributed by atoms with Crippen LogP contribution >= 0.6 is 11.8 Å². The SMILES string of the molecule is CCc1ccc(-n2c(S[C@H]3CCOC3=O)nnc2-c2ccncc2)cc1. The van der Waals surface area contributed by atoms with E-state index in [1.54, 1.807) is 12.4 Å². The topological polar surface area (TPSA) is 69.9 Å². The summed E-state index contributed by atoms with van der Waals surface area (Å²) in [5.74, 6) is 0.543. The molecular weight excluding hydrogens is 348 g/mol. The minimum absolute atomic E-state index is 0.184. The van der Waals surface area contributed by atoms with Gasteiger partial charge in [0.25, 0.3) is 0 Å². The van der Waals surface area contributed by atoms with E-state index >= 15 is 0 Å². The van der Waals surface area contributed by atoms with Crippen molar-refractivity contribution in [3.8, 4) is 17.1 Å². The number of hydrogen-bond acceptors (Lipinski definition) is 6. The van der Waals surface area contributed by atoms with Crippen LogP contribution in [0.5, 0.6) is 0 Å². The number of aryl methyl sites for hydroxylation is 1. The van der Waals surface area contributed by atoms with E-state index in [4.69, 9.17) is 4.74 Å². The van der Waals surface area contributed by atoms with E-state index in [1.807, 2.05) is 16.7 Å². The first-order valence-electron chi connectivity index (χ1n) is 8.54. The highest BCUT2D eigenvalue weighted by molar-refractivity contribution is 8.00. The van der Waals surface area contributed by atoms with E-state index in [-0.39, 0.29) is 11.2 Å². The van der Waals surface area contributed by atoms with Gasteiger partial charge >= 0.3 is 5.97 Å². The fourth-order valence-electron chi connectivity index (χ4n) is 2.86. The van der Waals surface area contributed by atoms with Crippen molar-refractivity contribution in [2.24, 2.45) is 0 Å². The molecule has 1 fully saturated rings. The molecule has 2 aromatic heterocycles. The standard InChI is InChI=1S/C19H18N4O2S/c1-2-13-3-5-15(6-4-13)23-17(14-7-10-20-11-8-14)21-22-19(23)26-16-9-12-25-18(16)24/h3-8,10-11,16H,2,9,12H2,1H3/t16-/m0/s1. The quantitative estimate of drug-likeness (QED) is 0.645. The number of carbonyl (C=O) groups excluding carboxylic acids is 1. The smallest absolute Gasteiger partial charge is 0.319 e. The van der Waals surface area contributed by atoms with Crippen LogP contribution in [-0.2, 0) is 16.0 Å². The van der Waals surface area contributed by atoms with Gasteiger partial charge in [-0.1, -0.05) is 30.8 Å². The van der Waals surface area contributed by atoms with Crippen molar-refractivity contribution in [3.05, 3.63) is 54.4 Å². The van der Waals surface area contributed by atoms with Crippen LogP contribution in [0.2, 0.25) is 0 Å². The van der Waals surface area contributed by atoms with Gasteiger partial charge in [-0.25, -0.2) is 0 Å². The molecule has 26 heavy (non-hydrogen) atoms. The molecule has 132 valence electrons. The molecule has 1 atom stereocenters. The summed E-state index contributed by atoms with van der Waals surface area (Å²) in [5, 5.41) is 9.19. The zero-order valence-electron chi connectivity index (χ0n) is 14.3. The Morgan fingerprint density at radius 3 is 2.58 bits per heavy atom. The second-order valence-corrected chi connectivity index (χ2v) is 7.13. The number of hydrogen-bond donors (Lipinski definition) is 0. The van der Waals surface area contributed by atoms with Crippen LogP contribution in [0.4, 0.5) is 0 Å². The number of thioether (sulfide) groups is 1. The largest absolute Gasteiger partial charge is 0.465 e. The molecule has 0 spiro atoms. The predicted octanol–water partition coefficient (Wildman–Crippen LogP) is 3.30. The monoisotopic (exact) mass is 366 g/mol. The lowest BCUT2D eigenvalue weighted by Crippen LogP contribution is -2.11. The summed E-state index contributed by atoms with van der Waals surface area (Å²) >= 11 is 1.41. The summed E-state index contributed by atoms with van der Waals surface area (Å²) in [7, 11) is 0. The molecule has 6 nitrogen and oxygen atoms in total. The Bertz CT molecular complexity index is 909. The molecule has 1 aromatic carbocycles. The maximum atomic E-state index is 11.9. The second kappa shape index (κ2) is 7.29. The molecule has 3 aromatic rings. The summed E-state index contributed by atoms with van der Waals surface area (Å²) in [5.41, 5.74) is 3.15. The lowest BCUT2D eigenvalue weighted by Gasteiger charge is -2.12. The number of benzene rings is 1. The molecule has 0 N–H and O–H groups in total. The van der Waals surface area contributed by atoms with E-state index in [0.717, 1.165) is 23.5 Å². The van der Waals surface area contributed by atoms with Gasteiger partial charge in [-0.2, -0.15) is 0 Å². The second-order valence-electron chi connectivity index (χ2n) is 5.96. The first kappa shape index (κ1) is 16.8. The Hall–Kier alpha value is -2.67. The molecule has 1 saturated heterocycles. The molecule has 0 radical (unpaired) electrons. The maximum Gasteiger partial charge on any atom is 0.319 e. The Morgan fingerprint density at radius 1 is 1.15 bits per heavy atom. The maximum absolute atomic E-state index is 11.9. The van der Waals surface area contributed by atoms with Crippen molar-refractivity contribution in [1.82, 2.24) is 19.7 Å². The van der Waals surface area contributed by atoms with Crippen LogP contribution in [-0.4, -0.2) is 37.6 Å². The summed E-state index contributed by atoms with van der Waals surface area (Å²) in [4.78, 5) is 16.0. The zero-order valence-corrected chi connectivity index (χ0v) is 15.1. The predicted molar refractivity (Wildman–Crippen MR) is 99.2 cm³/mol.